The quantitative estimate of drug-likeness (QED) is 0.666. The number of benzene rings is 1. The van der Waals surface area contributed by atoms with Gasteiger partial charge in [-0.2, -0.15) is 0 Å². The second-order valence-electron chi connectivity index (χ2n) is 4.65. The molecule has 0 aliphatic heterocycles. The fourth-order valence-corrected chi connectivity index (χ4v) is 2.37. The first-order valence-electron chi connectivity index (χ1n) is 6.88. The Morgan fingerprint density at radius 3 is 2.47 bits per heavy atom. The fraction of sp³-hybridized carbons (Fsp3) is 0.533. The molecule has 0 fully saturated rings. The van der Waals surface area contributed by atoms with Crippen LogP contribution < -0.4 is 5.32 Å². The summed E-state index contributed by atoms with van der Waals surface area (Å²) in [5.41, 5.74) is 0.483. The Kier molecular flexibility index (Phi) is 7.92. The smallest absolute Gasteiger partial charge is 0.252 e. The van der Waals surface area contributed by atoms with E-state index in [1.54, 1.807) is 18.2 Å². The monoisotopic (exact) mass is 301 g/mol. The van der Waals surface area contributed by atoms with Crippen molar-refractivity contribution in [2.75, 3.05) is 6.54 Å². The maximum absolute atomic E-state index is 11.9. The molecule has 0 saturated carbocycles. The largest absolute Gasteiger partial charge is 0.352 e. The number of hydrogen-bond donors (Lipinski definition) is 1. The number of halogens is 2. The molecule has 1 amide bonds. The third-order valence-electron chi connectivity index (χ3n) is 2.99. The van der Waals surface area contributed by atoms with Gasteiger partial charge in [-0.15, -0.1) is 0 Å². The summed E-state index contributed by atoms with van der Waals surface area (Å²) in [5.74, 6) is -0.129. The van der Waals surface area contributed by atoms with Crippen LogP contribution in [-0.2, 0) is 0 Å². The standard InChI is InChI=1S/C15H21Cl2NO/c1-2-3-4-5-6-7-10-18-15(19)13-9-8-12(16)11-14(13)17/h8-9,11H,2-7,10H2,1H3,(H,18,19). The van der Waals surface area contributed by atoms with Crippen LogP contribution in [0.3, 0.4) is 0 Å². The Hall–Kier alpha value is -0.730. The summed E-state index contributed by atoms with van der Waals surface area (Å²) >= 11 is 11.8. The van der Waals surface area contributed by atoms with Crippen molar-refractivity contribution in [2.24, 2.45) is 0 Å². The zero-order valence-electron chi connectivity index (χ0n) is 11.3. The van der Waals surface area contributed by atoms with Crippen LogP contribution in [0.4, 0.5) is 0 Å². The van der Waals surface area contributed by atoms with E-state index < -0.39 is 0 Å². The lowest BCUT2D eigenvalue weighted by atomic mass is 10.1. The zero-order valence-corrected chi connectivity index (χ0v) is 12.9. The van der Waals surface area contributed by atoms with Crippen LogP contribution in [0.25, 0.3) is 0 Å². The number of amides is 1. The van der Waals surface area contributed by atoms with Gasteiger partial charge < -0.3 is 5.32 Å². The van der Waals surface area contributed by atoms with Crippen LogP contribution in [0.2, 0.25) is 10.0 Å². The van der Waals surface area contributed by atoms with Crippen molar-refractivity contribution in [1.29, 1.82) is 0 Å². The van der Waals surface area contributed by atoms with E-state index in [4.69, 9.17) is 23.2 Å². The Bertz CT molecular complexity index is 407. The Balaban J connectivity index is 2.24. The van der Waals surface area contributed by atoms with Crippen LogP contribution >= 0.6 is 23.2 Å². The lowest BCUT2D eigenvalue weighted by Crippen LogP contribution is -2.24. The molecule has 0 aliphatic carbocycles. The normalized spacial score (nSPS) is 10.5. The van der Waals surface area contributed by atoms with Crippen LogP contribution in [0, 0.1) is 0 Å². The minimum absolute atomic E-state index is 0.129. The minimum atomic E-state index is -0.129. The number of rotatable bonds is 8. The molecule has 0 saturated heterocycles. The highest BCUT2D eigenvalue weighted by Gasteiger charge is 2.09. The predicted molar refractivity (Wildman–Crippen MR) is 82.2 cm³/mol. The Morgan fingerprint density at radius 1 is 1.11 bits per heavy atom. The summed E-state index contributed by atoms with van der Waals surface area (Å²) in [4.78, 5) is 11.9. The maximum Gasteiger partial charge on any atom is 0.252 e. The molecule has 0 spiro atoms. The van der Waals surface area contributed by atoms with Crippen molar-refractivity contribution in [3.63, 3.8) is 0 Å². The maximum atomic E-state index is 11.9. The Labute approximate surface area is 125 Å². The summed E-state index contributed by atoms with van der Waals surface area (Å²) in [6.07, 6.45) is 7.26. The van der Waals surface area contributed by atoms with Crippen LogP contribution in [0.5, 0.6) is 0 Å². The van der Waals surface area contributed by atoms with Crippen molar-refractivity contribution >= 4 is 29.1 Å². The van der Waals surface area contributed by atoms with E-state index in [0.29, 0.717) is 22.2 Å². The van der Waals surface area contributed by atoms with Crippen molar-refractivity contribution in [3.05, 3.63) is 33.8 Å². The average Bonchev–Trinajstić information content (AvgIpc) is 2.37. The number of unbranched alkanes of at least 4 members (excludes halogenated alkanes) is 5. The third-order valence-corrected chi connectivity index (χ3v) is 3.54. The highest BCUT2D eigenvalue weighted by Crippen LogP contribution is 2.20. The highest BCUT2D eigenvalue weighted by molar-refractivity contribution is 6.36. The molecule has 2 nitrogen and oxygen atoms in total. The average molecular weight is 302 g/mol. The first kappa shape index (κ1) is 16.3. The van der Waals surface area contributed by atoms with E-state index in [9.17, 15) is 4.79 Å². The van der Waals surface area contributed by atoms with Gasteiger partial charge in [-0.1, -0.05) is 62.2 Å². The van der Waals surface area contributed by atoms with Crippen LogP contribution in [-0.4, -0.2) is 12.5 Å². The van der Waals surface area contributed by atoms with E-state index in [-0.39, 0.29) is 5.91 Å². The van der Waals surface area contributed by atoms with E-state index in [1.165, 1.54) is 25.7 Å². The second kappa shape index (κ2) is 9.22. The third kappa shape index (κ3) is 6.31. The van der Waals surface area contributed by atoms with E-state index in [2.05, 4.69) is 12.2 Å². The molecule has 0 unspecified atom stereocenters. The fourth-order valence-electron chi connectivity index (χ4n) is 1.88. The lowest BCUT2D eigenvalue weighted by Gasteiger charge is -2.07. The van der Waals surface area contributed by atoms with Crippen molar-refractivity contribution in [2.45, 2.75) is 45.4 Å². The van der Waals surface area contributed by atoms with Crippen molar-refractivity contribution in [3.8, 4) is 0 Å². The van der Waals surface area contributed by atoms with Gasteiger partial charge in [0.05, 0.1) is 10.6 Å². The van der Waals surface area contributed by atoms with Gasteiger partial charge in [0, 0.05) is 11.6 Å². The topological polar surface area (TPSA) is 29.1 Å². The van der Waals surface area contributed by atoms with Gasteiger partial charge in [0.1, 0.15) is 0 Å². The number of hydrogen-bond acceptors (Lipinski definition) is 1. The van der Waals surface area contributed by atoms with Crippen LogP contribution in [0.1, 0.15) is 55.8 Å². The zero-order chi connectivity index (χ0) is 14.1. The summed E-state index contributed by atoms with van der Waals surface area (Å²) in [7, 11) is 0. The SMILES string of the molecule is CCCCCCCCNC(=O)c1ccc(Cl)cc1Cl. The van der Waals surface area contributed by atoms with Gasteiger partial charge in [-0.3, -0.25) is 4.79 Å². The minimum Gasteiger partial charge on any atom is -0.352 e. The highest BCUT2D eigenvalue weighted by atomic mass is 35.5. The van der Waals surface area contributed by atoms with Gasteiger partial charge in [0.25, 0.3) is 5.91 Å². The number of carbonyl (C=O) groups excluding carboxylic acids is 1. The van der Waals surface area contributed by atoms with Gasteiger partial charge >= 0.3 is 0 Å². The molecule has 0 radical (unpaired) electrons. The first-order chi connectivity index (χ1) is 9.15. The molecule has 1 aromatic carbocycles. The lowest BCUT2D eigenvalue weighted by molar-refractivity contribution is 0.0953. The molecule has 1 rings (SSSR count). The molecule has 1 aromatic rings. The summed E-state index contributed by atoms with van der Waals surface area (Å²) in [6.45, 7) is 2.90. The summed E-state index contributed by atoms with van der Waals surface area (Å²) in [6, 6.07) is 4.91. The van der Waals surface area contributed by atoms with Gasteiger partial charge in [-0.05, 0) is 24.6 Å². The molecule has 0 aromatic heterocycles. The molecule has 0 bridgehead atoms. The summed E-state index contributed by atoms with van der Waals surface area (Å²) in [5, 5.41) is 3.82. The molecular weight excluding hydrogens is 281 g/mol. The van der Waals surface area contributed by atoms with Gasteiger partial charge in [0.15, 0.2) is 0 Å². The van der Waals surface area contributed by atoms with E-state index in [1.807, 2.05) is 0 Å². The number of nitrogens with one attached hydrogen (secondary N) is 1. The molecular formula is C15H21Cl2NO. The van der Waals surface area contributed by atoms with Gasteiger partial charge in [-0.25, -0.2) is 0 Å². The van der Waals surface area contributed by atoms with Crippen molar-refractivity contribution < 1.29 is 4.79 Å². The molecule has 1 N–H and O–H groups in total. The molecule has 0 aliphatic rings. The molecule has 106 valence electrons. The molecule has 19 heavy (non-hydrogen) atoms. The molecule has 0 heterocycles. The van der Waals surface area contributed by atoms with E-state index in [0.717, 1.165) is 12.8 Å². The molecule has 4 heteroatoms. The predicted octanol–water partition coefficient (Wildman–Crippen LogP) is 5.08. The van der Waals surface area contributed by atoms with Crippen LogP contribution in [0.15, 0.2) is 18.2 Å². The van der Waals surface area contributed by atoms with Crippen molar-refractivity contribution in [1.82, 2.24) is 5.32 Å². The summed E-state index contributed by atoms with van der Waals surface area (Å²) < 4.78 is 0. The van der Waals surface area contributed by atoms with E-state index >= 15 is 0 Å². The number of carbonyl (C=O) groups is 1. The first-order valence-corrected chi connectivity index (χ1v) is 7.64. The van der Waals surface area contributed by atoms with Gasteiger partial charge in [0.2, 0.25) is 0 Å². The Morgan fingerprint density at radius 2 is 1.79 bits per heavy atom. The molecule has 0 atom stereocenters. The second-order valence-corrected chi connectivity index (χ2v) is 5.49.